The largest absolute Gasteiger partial charge is 0.491 e. The Morgan fingerprint density at radius 1 is 1.14 bits per heavy atom. The predicted molar refractivity (Wildman–Crippen MR) is 85.0 cm³/mol. The van der Waals surface area contributed by atoms with Gasteiger partial charge in [0, 0.05) is 6.54 Å². The Morgan fingerprint density at radius 3 is 2.67 bits per heavy atom. The average Bonchev–Trinajstić information content (AvgIpc) is 2.45. The van der Waals surface area contributed by atoms with E-state index in [9.17, 15) is 4.39 Å². The van der Waals surface area contributed by atoms with Crippen LogP contribution in [0.3, 0.4) is 0 Å². The summed E-state index contributed by atoms with van der Waals surface area (Å²) < 4.78 is 19.3. The lowest BCUT2D eigenvalue weighted by Gasteiger charge is -2.14. The molecule has 0 aliphatic rings. The number of halogens is 1. The van der Waals surface area contributed by atoms with E-state index < -0.39 is 0 Å². The summed E-state index contributed by atoms with van der Waals surface area (Å²) in [6.45, 7) is 7.64. The molecule has 21 heavy (non-hydrogen) atoms. The van der Waals surface area contributed by atoms with E-state index in [0.717, 1.165) is 35.5 Å². The van der Waals surface area contributed by atoms with Gasteiger partial charge in [0.1, 0.15) is 11.6 Å². The minimum Gasteiger partial charge on any atom is -0.491 e. The molecule has 0 aromatic heterocycles. The summed E-state index contributed by atoms with van der Waals surface area (Å²) >= 11 is 0. The van der Waals surface area contributed by atoms with Crippen molar-refractivity contribution in [2.24, 2.45) is 0 Å². The summed E-state index contributed by atoms with van der Waals surface area (Å²) in [6, 6.07) is 12.7. The van der Waals surface area contributed by atoms with Gasteiger partial charge in [-0.25, -0.2) is 4.39 Å². The van der Waals surface area contributed by atoms with Crippen molar-refractivity contribution in [2.75, 3.05) is 6.54 Å². The van der Waals surface area contributed by atoms with Crippen molar-refractivity contribution in [1.82, 2.24) is 5.32 Å². The molecule has 0 atom stereocenters. The Labute approximate surface area is 126 Å². The maximum absolute atomic E-state index is 13.6. The van der Waals surface area contributed by atoms with Crippen molar-refractivity contribution in [3.05, 3.63) is 53.8 Å². The molecule has 0 saturated carbocycles. The molecule has 2 aromatic rings. The standard InChI is InChI=1S/C18H22FNO/c1-4-20-12-15-8-9-16(19)11-18(15)14-6-5-7-17(10-14)21-13(2)3/h5-11,13,20H,4,12H2,1-3H3. The van der Waals surface area contributed by atoms with E-state index in [1.165, 1.54) is 6.07 Å². The van der Waals surface area contributed by atoms with Crippen LogP contribution in [0.5, 0.6) is 5.75 Å². The van der Waals surface area contributed by atoms with Crippen LogP contribution in [0.2, 0.25) is 0 Å². The summed E-state index contributed by atoms with van der Waals surface area (Å²) in [4.78, 5) is 0. The third-order valence-electron chi connectivity index (χ3n) is 3.15. The first-order valence-corrected chi connectivity index (χ1v) is 7.36. The van der Waals surface area contributed by atoms with E-state index >= 15 is 0 Å². The van der Waals surface area contributed by atoms with E-state index in [1.54, 1.807) is 6.07 Å². The Kier molecular flexibility index (Phi) is 5.34. The molecule has 112 valence electrons. The molecule has 0 heterocycles. The van der Waals surface area contributed by atoms with E-state index in [1.807, 2.05) is 44.2 Å². The fraction of sp³-hybridized carbons (Fsp3) is 0.333. The van der Waals surface area contributed by atoms with Crippen LogP contribution in [0.25, 0.3) is 11.1 Å². The number of benzene rings is 2. The van der Waals surface area contributed by atoms with E-state index in [0.29, 0.717) is 0 Å². The lowest BCUT2D eigenvalue weighted by atomic mass is 9.99. The van der Waals surface area contributed by atoms with Gasteiger partial charge in [-0.15, -0.1) is 0 Å². The molecule has 0 radical (unpaired) electrons. The number of rotatable bonds is 6. The SMILES string of the molecule is CCNCc1ccc(F)cc1-c1cccc(OC(C)C)c1. The van der Waals surface area contributed by atoms with E-state index in [2.05, 4.69) is 12.2 Å². The molecule has 1 N–H and O–H groups in total. The van der Waals surface area contributed by atoms with Gasteiger partial charge in [-0.2, -0.15) is 0 Å². The van der Waals surface area contributed by atoms with Gasteiger partial charge in [0.05, 0.1) is 6.10 Å². The molecule has 0 aliphatic carbocycles. The van der Waals surface area contributed by atoms with Crippen LogP contribution in [0.15, 0.2) is 42.5 Å². The molecule has 2 nitrogen and oxygen atoms in total. The van der Waals surface area contributed by atoms with Crippen LogP contribution in [0.1, 0.15) is 26.3 Å². The maximum Gasteiger partial charge on any atom is 0.123 e. The minimum absolute atomic E-state index is 0.119. The second kappa shape index (κ2) is 7.23. The topological polar surface area (TPSA) is 21.3 Å². The van der Waals surface area contributed by atoms with Crippen molar-refractivity contribution >= 4 is 0 Å². The Hall–Kier alpha value is -1.87. The van der Waals surface area contributed by atoms with Gasteiger partial charge in [0.2, 0.25) is 0 Å². The van der Waals surface area contributed by atoms with Crippen molar-refractivity contribution < 1.29 is 9.13 Å². The summed E-state index contributed by atoms with van der Waals surface area (Å²) in [5, 5.41) is 3.29. The monoisotopic (exact) mass is 287 g/mol. The quantitative estimate of drug-likeness (QED) is 0.850. The number of nitrogens with one attached hydrogen (secondary N) is 1. The highest BCUT2D eigenvalue weighted by Crippen LogP contribution is 2.28. The molecule has 2 rings (SSSR count). The zero-order valence-electron chi connectivity index (χ0n) is 12.8. The van der Waals surface area contributed by atoms with Crippen molar-refractivity contribution in [3.8, 4) is 16.9 Å². The van der Waals surface area contributed by atoms with Crippen LogP contribution >= 0.6 is 0 Å². The van der Waals surface area contributed by atoms with Crippen molar-refractivity contribution in [2.45, 2.75) is 33.4 Å². The number of hydrogen-bond acceptors (Lipinski definition) is 2. The van der Waals surface area contributed by atoms with Crippen molar-refractivity contribution in [1.29, 1.82) is 0 Å². The molecule has 0 fully saturated rings. The smallest absolute Gasteiger partial charge is 0.123 e. The molecule has 0 spiro atoms. The van der Waals surface area contributed by atoms with Crippen LogP contribution < -0.4 is 10.1 Å². The Balaban J connectivity index is 2.37. The van der Waals surface area contributed by atoms with Crippen LogP contribution in [0.4, 0.5) is 4.39 Å². The zero-order valence-corrected chi connectivity index (χ0v) is 12.8. The second-order valence-corrected chi connectivity index (χ2v) is 5.28. The fourth-order valence-corrected chi connectivity index (χ4v) is 2.24. The molecule has 0 aliphatic heterocycles. The van der Waals surface area contributed by atoms with Crippen LogP contribution in [0, 0.1) is 5.82 Å². The first-order chi connectivity index (χ1) is 10.1. The second-order valence-electron chi connectivity index (χ2n) is 5.28. The van der Waals surface area contributed by atoms with E-state index in [4.69, 9.17) is 4.74 Å². The van der Waals surface area contributed by atoms with Gasteiger partial charge in [0.25, 0.3) is 0 Å². The number of ether oxygens (including phenoxy) is 1. The first-order valence-electron chi connectivity index (χ1n) is 7.36. The summed E-state index contributed by atoms with van der Waals surface area (Å²) in [5.74, 6) is 0.585. The summed E-state index contributed by atoms with van der Waals surface area (Å²) in [6.07, 6.45) is 0.119. The number of hydrogen-bond donors (Lipinski definition) is 1. The molecule has 0 amide bonds. The molecular weight excluding hydrogens is 265 g/mol. The normalized spacial score (nSPS) is 10.9. The van der Waals surface area contributed by atoms with Crippen LogP contribution in [-0.4, -0.2) is 12.6 Å². The fourth-order valence-electron chi connectivity index (χ4n) is 2.24. The zero-order chi connectivity index (χ0) is 15.2. The molecule has 3 heteroatoms. The Bertz CT molecular complexity index is 596. The predicted octanol–water partition coefficient (Wildman–Crippen LogP) is 4.39. The average molecular weight is 287 g/mol. The molecule has 0 saturated heterocycles. The lowest BCUT2D eigenvalue weighted by molar-refractivity contribution is 0.242. The third-order valence-corrected chi connectivity index (χ3v) is 3.15. The molecule has 0 bridgehead atoms. The maximum atomic E-state index is 13.6. The molecule has 2 aromatic carbocycles. The summed E-state index contributed by atoms with van der Waals surface area (Å²) in [7, 11) is 0. The molecule has 0 unspecified atom stereocenters. The van der Waals surface area contributed by atoms with E-state index in [-0.39, 0.29) is 11.9 Å². The van der Waals surface area contributed by atoms with Crippen molar-refractivity contribution in [3.63, 3.8) is 0 Å². The van der Waals surface area contributed by atoms with Gasteiger partial charge >= 0.3 is 0 Å². The van der Waals surface area contributed by atoms with Gasteiger partial charge in [0.15, 0.2) is 0 Å². The highest BCUT2D eigenvalue weighted by Gasteiger charge is 2.08. The van der Waals surface area contributed by atoms with Crippen LogP contribution in [-0.2, 0) is 6.54 Å². The molecular formula is C18H22FNO. The summed E-state index contributed by atoms with van der Waals surface area (Å²) in [5.41, 5.74) is 2.96. The van der Waals surface area contributed by atoms with Gasteiger partial charge < -0.3 is 10.1 Å². The highest BCUT2D eigenvalue weighted by atomic mass is 19.1. The first kappa shape index (κ1) is 15.5. The lowest BCUT2D eigenvalue weighted by Crippen LogP contribution is -2.12. The highest BCUT2D eigenvalue weighted by molar-refractivity contribution is 5.68. The third kappa shape index (κ3) is 4.30. The Morgan fingerprint density at radius 2 is 1.95 bits per heavy atom. The van der Waals surface area contributed by atoms with Gasteiger partial charge in [-0.3, -0.25) is 0 Å². The minimum atomic E-state index is -0.222. The van der Waals surface area contributed by atoms with Gasteiger partial charge in [-0.1, -0.05) is 25.1 Å². The van der Waals surface area contributed by atoms with Gasteiger partial charge in [-0.05, 0) is 61.3 Å².